The van der Waals surface area contributed by atoms with Crippen LogP contribution in [-0.2, 0) is 11.3 Å². The Labute approximate surface area is 155 Å². The fourth-order valence-corrected chi connectivity index (χ4v) is 2.79. The zero-order chi connectivity index (χ0) is 18.0. The first-order valence-corrected chi connectivity index (χ1v) is 8.60. The highest BCUT2D eigenvalue weighted by Gasteiger charge is 2.33. The first-order valence-electron chi connectivity index (χ1n) is 7.80. The summed E-state index contributed by atoms with van der Waals surface area (Å²) in [4.78, 5) is 27.9. The van der Waals surface area contributed by atoms with Crippen molar-refractivity contribution in [2.75, 3.05) is 19.0 Å². The Morgan fingerprint density at radius 3 is 2.28 bits per heavy atom. The number of benzene rings is 2. The lowest BCUT2D eigenvalue weighted by atomic mass is 10.1. The van der Waals surface area contributed by atoms with E-state index in [1.54, 1.807) is 6.08 Å². The Morgan fingerprint density at radius 2 is 1.68 bits per heavy atom. The van der Waals surface area contributed by atoms with Crippen molar-refractivity contribution in [3.8, 4) is 0 Å². The van der Waals surface area contributed by atoms with Gasteiger partial charge in [-0.2, -0.15) is 0 Å². The number of carbonyl (C=O) groups excluding carboxylic acids is 2. The standard InChI is InChI=1S/C19H18BrN3O2/c1-22(2)16-9-5-13(6-10-16)11-17-18(24)23(19(25)21-17)12-14-3-7-15(20)8-4-14/h3-11H,12H2,1-2H3,(H,21,25)/b17-11-. The molecule has 0 radical (unpaired) electrons. The minimum absolute atomic E-state index is 0.245. The Balaban J connectivity index is 1.77. The molecule has 1 heterocycles. The predicted molar refractivity (Wildman–Crippen MR) is 102 cm³/mol. The van der Waals surface area contributed by atoms with Crippen LogP contribution in [0.4, 0.5) is 10.5 Å². The number of anilines is 1. The summed E-state index contributed by atoms with van der Waals surface area (Å²) in [6.07, 6.45) is 1.70. The van der Waals surface area contributed by atoms with Crippen LogP contribution in [0.15, 0.2) is 58.7 Å². The molecule has 3 rings (SSSR count). The first-order chi connectivity index (χ1) is 11.9. The van der Waals surface area contributed by atoms with Crippen molar-refractivity contribution in [3.05, 3.63) is 69.8 Å². The molecule has 128 valence electrons. The molecule has 1 fully saturated rings. The molecule has 0 aliphatic carbocycles. The van der Waals surface area contributed by atoms with Gasteiger partial charge in [0.05, 0.1) is 6.54 Å². The van der Waals surface area contributed by atoms with Crippen molar-refractivity contribution in [2.45, 2.75) is 6.54 Å². The minimum atomic E-state index is -0.399. The van der Waals surface area contributed by atoms with Crippen LogP contribution in [0.1, 0.15) is 11.1 Å². The molecule has 6 heteroatoms. The van der Waals surface area contributed by atoms with Gasteiger partial charge in [0.25, 0.3) is 5.91 Å². The molecule has 0 aromatic heterocycles. The summed E-state index contributed by atoms with van der Waals surface area (Å²) in [5.41, 5.74) is 3.11. The second-order valence-corrected chi connectivity index (χ2v) is 6.91. The summed E-state index contributed by atoms with van der Waals surface area (Å²) >= 11 is 3.37. The number of nitrogens with one attached hydrogen (secondary N) is 1. The monoisotopic (exact) mass is 399 g/mol. The van der Waals surface area contributed by atoms with Gasteiger partial charge < -0.3 is 10.2 Å². The average Bonchev–Trinajstić information content (AvgIpc) is 2.85. The molecule has 1 aliphatic heterocycles. The maximum atomic E-state index is 12.5. The van der Waals surface area contributed by atoms with Crippen LogP contribution in [-0.4, -0.2) is 30.9 Å². The molecular weight excluding hydrogens is 382 g/mol. The van der Waals surface area contributed by atoms with E-state index in [0.717, 1.165) is 21.3 Å². The molecule has 0 spiro atoms. The summed E-state index contributed by atoms with van der Waals surface area (Å²) < 4.78 is 0.954. The normalized spacial score (nSPS) is 15.6. The van der Waals surface area contributed by atoms with Crippen LogP contribution in [0.2, 0.25) is 0 Å². The van der Waals surface area contributed by atoms with Gasteiger partial charge in [-0.1, -0.05) is 40.2 Å². The Kier molecular flexibility index (Phi) is 4.90. The Hall–Kier alpha value is -2.60. The van der Waals surface area contributed by atoms with Gasteiger partial charge in [0, 0.05) is 24.3 Å². The van der Waals surface area contributed by atoms with Crippen LogP contribution in [0.3, 0.4) is 0 Å². The van der Waals surface area contributed by atoms with Gasteiger partial charge in [0.2, 0.25) is 0 Å². The number of halogens is 1. The smallest absolute Gasteiger partial charge is 0.329 e. The van der Waals surface area contributed by atoms with E-state index in [0.29, 0.717) is 5.70 Å². The summed E-state index contributed by atoms with van der Waals surface area (Å²) in [5, 5.41) is 2.65. The number of imide groups is 1. The minimum Gasteiger partial charge on any atom is -0.378 e. The molecule has 2 aromatic carbocycles. The van der Waals surface area contributed by atoms with Crippen LogP contribution in [0.5, 0.6) is 0 Å². The van der Waals surface area contributed by atoms with Crippen molar-refractivity contribution in [2.24, 2.45) is 0 Å². The van der Waals surface area contributed by atoms with E-state index in [-0.39, 0.29) is 12.5 Å². The van der Waals surface area contributed by atoms with Crippen molar-refractivity contribution in [1.29, 1.82) is 0 Å². The van der Waals surface area contributed by atoms with Crippen molar-refractivity contribution in [3.63, 3.8) is 0 Å². The molecule has 2 aromatic rings. The molecule has 0 unspecified atom stereocenters. The lowest BCUT2D eigenvalue weighted by Crippen LogP contribution is -2.30. The average molecular weight is 400 g/mol. The number of hydrogen-bond donors (Lipinski definition) is 1. The lowest BCUT2D eigenvalue weighted by Gasteiger charge is -2.12. The number of amides is 3. The predicted octanol–water partition coefficient (Wildman–Crippen LogP) is 3.61. The van der Waals surface area contributed by atoms with Gasteiger partial charge >= 0.3 is 6.03 Å². The van der Waals surface area contributed by atoms with Crippen molar-refractivity contribution >= 4 is 39.6 Å². The highest BCUT2D eigenvalue weighted by Crippen LogP contribution is 2.19. The second-order valence-electron chi connectivity index (χ2n) is 5.99. The van der Waals surface area contributed by atoms with Gasteiger partial charge in [-0.25, -0.2) is 4.79 Å². The molecule has 0 saturated carbocycles. The molecule has 1 saturated heterocycles. The van der Waals surface area contributed by atoms with E-state index in [4.69, 9.17) is 0 Å². The number of carbonyl (C=O) groups is 2. The summed E-state index contributed by atoms with van der Waals surface area (Å²) in [5.74, 6) is -0.315. The number of rotatable bonds is 4. The largest absolute Gasteiger partial charge is 0.378 e. The molecule has 5 nitrogen and oxygen atoms in total. The molecular formula is C19H18BrN3O2. The maximum absolute atomic E-state index is 12.5. The molecule has 1 N–H and O–H groups in total. The number of nitrogens with zero attached hydrogens (tertiary/aromatic N) is 2. The van der Waals surface area contributed by atoms with Crippen molar-refractivity contribution < 1.29 is 9.59 Å². The first kappa shape index (κ1) is 17.2. The fraction of sp³-hybridized carbons (Fsp3) is 0.158. The third kappa shape index (κ3) is 3.91. The number of hydrogen-bond acceptors (Lipinski definition) is 3. The summed E-state index contributed by atoms with van der Waals surface area (Å²) in [7, 11) is 3.93. The van der Waals surface area contributed by atoms with Crippen LogP contribution in [0.25, 0.3) is 6.08 Å². The zero-order valence-corrected chi connectivity index (χ0v) is 15.6. The number of urea groups is 1. The van der Waals surface area contributed by atoms with E-state index >= 15 is 0 Å². The highest BCUT2D eigenvalue weighted by atomic mass is 79.9. The SMILES string of the molecule is CN(C)c1ccc(/C=C2\NC(=O)N(Cc3ccc(Br)cc3)C2=O)cc1. The topological polar surface area (TPSA) is 52.7 Å². The lowest BCUT2D eigenvalue weighted by molar-refractivity contribution is -0.123. The van der Waals surface area contributed by atoms with Crippen LogP contribution >= 0.6 is 15.9 Å². The second kappa shape index (κ2) is 7.11. The third-order valence-electron chi connectivity index (χ3n) is 3.94. The van der Waals surface area contributed by atoms with Crippen molar-refractivity contribution in [1.82, 2.24) is 10.2 Å². The zero-order valence-electron chi connectivity index (χ0n) is 14.0. The maximum Gasteiger partial charge on any atom is 0.329 e. The van der Waals surface area contributed by atoms with Gasteiger partial charge in [-0.3, -0.25) is 9.69 Å². The Bertz CT molecular complexity index is 827. The molecule has 1 aliphatic rings. The van der Waals surface area contributed by atoms with Gasteiger partial charge in [0.1, 0.15) is 5.70 Å². The van der Waals surface area contributed by atoms with Crippen LogP contribution < -0.4 is 10.2 Å². The van der Waals surface area contributed by atoms with Gasteiger partial charge in [-0.05, 0) is 41.5 Å². The molecule has 25 heavy (non-hydrogen) atoms. The van der Waals surface area contributed by atoms with E-state index < -0.39 is 6.03 Å². The fourth-order valence-electron chi connectivity index (χ4n) is 2.52. The van der Waals surface area contributed by atoms with Crippen LogP contribution in [0, 0.1) is 0 Å². The highest BCUT2D eigenvalue weighted by molar-refractivity contribution is 9.10. The Morgan fingerprint density at radius 1 is 1.04 bits per heavy atom. The van der Waals surface area contributed by atoms with E-state index in [1.165, 1.54) is 4.90 Å². The van der Waals surface area contributed by atoms with Gasteiger partial charge in [0.15, 0.2) is 0 Å². The van der Waals surface area contributed by atoms with Gasteiger partial charge in [-0.15, -0.1) is 0 Å². The quantitative estimate of drug-likeness (QED) is 0.630. The van der Waals surface area contributed by atoms with E-state index in [9.17, 15) is 9.59 Å². The molecule has 0 atom stereocenters. The van der Waals surface area contributed by atoms with E-state index in [2.05, 4.69) is 21.2 Å². The molecule has 3 amide bonds. The molecule has 0 bridgehead atoms. The van der Waals surface area contributed by atoms with E-state index in [1.807, 2.05) is 67.5 Å². The summed E-state index contributed by atoms with van der Waals surface area (Å²) in [6, 6.07) is 14.9. The summed E-state index contributed by atoms with van der Waals surface area (Å²) in [6.45, 7) is 0.245. The third-order valence-corrected chi connectivity index (χ3v) is 4.47.